The fourth-order valence-corrected chi connectivity index (χ4v) is 4.08. The molecule has 1 amide bonds. The lowest BCUT2D eigenvalue weighted by atomic mass is 10.1. The first-order chi connectivity index (χ1) is 14.2. The lowest BCUT2D eigenvalue weighted by Gasteiger charge is -2.08. The first-order valence-corrected chi connectivity index (χ1v) is 10.3. The van der Waals surface area contributed by atoms with E-state index in [-0.39, 0.29) is 16.6 Å². The molecule has 1 N–H and O–H groups in total. The number of amides is 1. The Hall–Kier alpha value is -2.40. The number of halogens is 5. The van der Waals surface area contributed by atoms with E-state index in [2.05, 4.69) is 15.5 Å². The number of hydrogen-bond acceptors (Lipinski definition) is 5. The molecular formula is C19H14F5N3OS2. The van der Waals surface area contributed by atoms with E-state index >= 15 is 0 Å². The molecule has 2 aromatic rings. The van der Waals surface area contributed by atoms with Crippen molar-refractivity contribution in [1.29, 1.82) is 0 Å². The molecule has 30 heavy (non-hydrogen) atoms. The van der Waals surface area contributed by atoms with Gasteiger partial charge in [0, 0.05) is 10.5 Å². The third kappa shape index (κ3) is 6.05. The van der Waals surface area contributed by atoms with Gasteiger partial charge < -0.3 is 5.32 Å². The van der Waals surface area contributed by atoms with Gasteiger partial charge in [0.05, 0.1) is 17.0 Å². The molecule has 1 atom stereocenters. The molecule has 0 unspecified atom stereocenters. The molecule has 0 bridgehead atoms. The van der Waals surface area contributed by atoms with Crippen LogP contribution in [0, 0.1) is 0 Å². The number of carbonyl (C=O) groups excluding carboxylic acids is 1. The number of hydrogen-bond donors (Lipinski definition) is 1. The van der Waals surface area contributed by atoms with Crippen LogP contribution in [0.4, 0.5) is 22.0 Å². The monoisotopic (exact) mass is 459 g/mol. The summed E-state index contributed by atoms with van der Waals surface area (Å²) in [5, 5.41) is 9.66. The van der Waals surface area contributed by atoms with Gasteiger partial charge in [0.2, 0.25) is 5.91 Å². The Balaban J connectivity index is 1.63. The molecule has 11 heteroatoms. The zero-order chi connectivity index (χ0) is 21.7. The predicted molar refractivity (Wildman–Crippen MR) is 108 cm³/mol. The zero-order valence-corrected chi connectivity index (χ0v) is 16.7. The van der Waals surface area contributed by atoms with Crippen molar-refractivity contribution in [3.05, 3.63) is 65.2 Å². The Kier molecular flexibility index (Phi) is 7.14. The summed E-state index contributed by atoms with van der Waals surface area (Å²) < 4.78 is 63.6. The van der Waals surface area contributed by atoms with Crippen molar-refractivity contribution < 1.29 is 26.7 Å². The maximum absolute atomic E-state index is 13.0. The second-order valence-corrected chi connectivity index (χ2v) is 8.31. The molecule has 0 radical (unpaired) electrons. The fraction of sp³-hybridized carbons (Fsp3) is 0.211. The van der Waals surface area contributed by atoms with Gasteiger partial charge in [0.25, 0.3) is 5.76 Å². The van der Waals surface area contributed by atoms with Gasteiger partial charge in [0.1, 0.15) is 0 Å². The van der Waals surface area contributed by atoms with E-state index in [1.54, 1.807) is 24.3 Å². The van der Waals surface area contributed by atoms with E-state index in [0.717, 1.165) is 29.6 Å². The SMILES string of the molecule is O=C1N/C(=N/N=C\c2ccccc2C(F)(F)F)S[C@H]1Cc1ccc(SC(F)F)cc1. The molecule has 1 aliphatic rings. The zero-order valence-electron chi connectivity index (χ0n) is 15.1. The minimum Gasteiger partial charge on any atom is -0.303 e. The number of carbonyl (C=O) groups is 1. The van der Waals surface area contributed by atoms with Gasteiger partial charge in [-0.25, -0.2) is 0 Å². The van der Waals surface area contributed by atoms with Gasteiger partial charge in [0.15, 0.2) is 5.17 Å². The molecule has 1 aliphatic heterocycles. The Labute approximate surface area is 177 Å². The van der Waals surface area contributed by atoms with Gasteiger partial charge in [-0.2, -0.15) is 27.1 Å². The third-order valence-corrected chi connectivity index (χ3v) is 5.75. The summed E-state index contributed by atoms with van der Waals surface area (Å²) in [4.78, 5) is 12.5. The number of benzene rings is 2. The number of nitrogens with one attached hydrogen (secondary N) is 1. The molecule has 1 heterocycles. The largest absolute Gasteiger partial charge is 0.417 e. The number of nitrogens with zero attached hydrogens (tertiary/aromatic N) is 2. The Morgan fingerprint density at radius 1 is 1.13 bits per heavy atom. The molecule has 2 aromatic carbocycles. The standard InChI is InChI=1S/C19H14F5N3OS2/c20-17(21)29-13-7-5-11(6-8-13)9-15-16(28)26-18(30-15)27-25-10-12-3-1-2-4-14(12)19(22,23)24/h1-8,10,15,17H,9H2,(H,26,27,28)/b25-10-/t15-/m0/s1. The normalized spacial score (nSPS) is 18.5. The highest BCUT2D eigenvalue weighted by molar-refractivity contribution is 8.15. The number of rotatable bonds is 6. The van der Waals surface area contributed by atoms with Crippen LogP contribution in [0.5, 0.6) is 0 Å². The highest BCUT2D eigenvalue weighted by Crippen LogP contribution is 2.31. The first-order valence-electron chi connectivity index (χ1n) is 8.51. The van der Waals surface area contributed by atoms with Gasteiger partial charge in [-0.1, -0.05) is 53.9 Å². The van der Waals surface area contributed by atoms with E-state index in [1.165, 1.54) is 18.2 Å². The second kappa shape index (κ2) is 9.61. The van der Waals surface area contributed by atoms with Gasteiger partial charge >= 0.3 is 6.18 Å². The summed E-state index contributed by atoms with van der Waals surface area (Å²) in [5.74, 6) is -2.81. The van der Waals surface area contributed by atoms with Gasteiger partial charge in [-0.3, -0.25) is 4.79 Å². The molecular weight excluding hydrogens is 445 g/mol. The molecule has 0 aliphatic carbocycles. The van der Waals surface area contributed by atoms with Crippen LogP contribution in [-0.4, -0.2) is 28.3 Å². The predicted octanol–water partition coefficient (Wildman–Crippen LogP) is 5.18. The smallest absolute Gasteiger partial charge is 0.303 e. The molecule has 4 nitrogen and oxygen atoms in total. The second-order valence-electron chi connectivity index (χ2n) is 6.06. The summed E-state index contributed by atoms with van der Waals surface area (Å²) in [6.45, 7) is 0. The minimum atomic E-state index is -4.51. The highest BCUT2D eigenvalue weighted by atomic mass is 32.2. The maximum atomic E-state index is 13.0. The Bertz CT molecular complexity index is 961. The van der Waals surface area contributed by atoms with Crippen LogP contribution in [0.15, 0.2) is 63.6 Å². The quantitative estimate of drug-likeness (QED) is 0.280. The molecule has 0 spiro atoms. The van der Waals surface area contributed by atoms with Crippen molar-refractivity contribution in [2.24, 2.45) is 10.2 Å². The molecule has 1 fully saturated rings. The van der Waals surface area contributed by atoms with Gasteiger partial charge in [-0.15, -0.1) is 5.10 Å². The molecule has 1 saturated heterocycles. The number of alkyl halides is 5. The van der Waals surface area contributed by atoms with E-state index in [1.807, 2.05) is 0 Å². The number of thioether (sulfide) groups is 2. The van der Waals surface area contributed by atoms with Crippen LogP contribution in [0.25, 0.3) is 0 Å². The molecule has 158 valence electrons. The van der Waals surface area contributed by atoms with Crippen molar-refractivity contribution in [2.75, 3.05) is 0 Å². The lowest BCUT2D eigenvalue weighted by Crippen LogP contribution is -2.25. The first kappa shape index (κ1) is 22.3. The van der Waals surface area contributed by atoms with E-state index < -0.39 is 22.7 Å². The summed E-state index contributed by atoms with van der Waals surface area (Å²) >= 11 is 1.54. The molecule has 0 saturated carbocycles. The van der Waals surface area contributed by atoms with Crippen molar-refractivity contribution in [2.45, 2.75) is 28.5 Å². The number of amidine groups is 1. The molecule has 3 rings (SSSR count). The summed E-state index contributed by atoms with van der Waals surface area (Å²) in [6, 6.07) is 11.4. The minimum absolute atomic E-state index is 0.137. The Morgan fingerprint density at radius 3 is 2.50 bits per heavy atom. The fourth-order valence-electron chi connectivity index (χ4n) is 2.62. The Morgan fingerprint density at radius 2 is 1.83 bits per heavy atom. The summed E-state index contributed by atoms with van der Waals surface area (Å²) in [7, 11) is 0. The topological polar surface area (TPSA) is 53.8 Å². The van der Waals surface area contributed by atoms with E-state index in [9.17, 15) is 26.7 Å². The maximum Gasteiger partial charge on any atom is 0.417 e. The summed E-state index contributed by atoms with van der Waals surface area (Å²) in [5.41, 5.74) is -0.185. The van der Waals surface area contributed by atoms with Crippen LogP contribution in [-0.2, 0) is 17.4 Å². The van der Waals surface area contributed by atoms with E-state index in [0.29, 0.717) is 23.1 Å². The average Bonchev–Trinajstić information content (AvgIpc) is 3.02. The van der Waals surface area contributed by atoms with Gasteiger partial charge in [-0.05, 0) is 30.2 Å². The van der Waals surface area contributed by atoms with Crippen LogP contribution in [0.3, 0.4) is 0 Å². The van der Waals surface area contributed by atoms with Crippen molar-refractivity contribution in [3.8, 4) is 0 Å². The van der Waals surface area contributed by atoms with Crippen LogP contribution >= 0.6 is 23.5 Å². The summed E-state index contributed by atoms with van der Waals surface area (Å²) in [6.07, 6.45) is -3.19. The van der Waals surface area contributed by atoms with Crippen LogP contribution < -0.4 is 5.32 Å². The van der Waals surface area contributed by atoms with Crippen molar-refractivity contribution >= 4 is 40.8 Å². The van der Waals surface area contributed by atoms with Crippen molar-refractivity contribution in [1.82, 2.24) is 5.32 Å². The lowest BCUT2D eigenvalue weighted by molar-refractivity contribution is -0.137. The van der Waals surface area contributed by atoms with Crippen LogP contribution in [0.1, 0.15) is 16.7 Å². The highest BCUT2D eigenvalue weighted by Gasteiger charge is 2.33. The third-order valence-electron chi connectivity index (χ3n) is 3.96. The van der Waals surface area contributed by atoms with Crippen molar-refractivity contribution in [3.63, 3.8) is 0 Å². The van der Waals surface area contributed by atoms with E-state index in [4.69, 9.17) is 0 Å². The average molecular weight is 459 g/mol. The molecule has 0 aromatic heterocycles. The van der Waals surface area contributed by atoms with Crippen LogP contribution in [0.2, 0.25) is 0 Å².